The molecule has 4 N–H and O–H groups in total. The van der Waals surface area contributed by atoms with Crippen molar-refractivity contribution in [3.8, 4) is 0 Å². The third-order valence-electron chi connectivity index (χ3n) is 3.40. The number of aliphatic hydroxyl groups is 1. The van der Waals surface area contributed by atoms with Crippen LogP contribution < -0.4 is 11.1 Å². The topological polar surface area (TPSA) is 95.7 Å². The van der Waals surface area contributed by atoms with Gasteiger partial charge in [-0.1, -0.05) is 30.3 Å². The quantitative estimate of drug-likeness (QED) is 0.744. The molecule has 1 saturated heterocycles. The van der Waals surface area contributed by atoms with Gasteiger partial charge in [0.25, 0.3) is 0 Å². The van der Waals surface area contributed by atoms with Gasteiger partial charge in [-0.05, 0) is 24.9 Å². The molecule has 0 saturated carbocycles. The minimum absolute atomic E-state index is 0.408. The molecule has 1 aliphatic rings. The number of piperidine rings is 1. The average molecular weight is 277 g/mol. The Kier molecular flexibility index (Phi) is 4.70. The van der Waals surface area contributed by atoms with E-state index in [1.165, 1.54) is 0 Å². The van der Waals surface area contributed by atoms with Gasteiger partial charge >= 0.3 is 6.03 Å². The number of nitrogens with two attached hydrogens (primary N) is 1. The summed E-state index contributed by atoms with van der Waals surface area (Å²) in [5.41, 5.74) is 5.81. The van der Waals surface area contributed by atoms with Gasteiger partial charge in [-0.25, -0.2) is 4.79 Å². The molecule has 2 atom stereocenters. The summed E-state index contributed by atoms with van der Waals surface area (Å²) < 4.78 is 0. The molecule has 0 bridgehead atoms. The first kappa shape index (κ1) is 14.5. The molecular formula is C14H19N3O3. The molecule has 0 spiro atoms. The summed E-state index contributed by atoms with van der Waals surface area (Å²) in [6.07, 6.45) is 1.10. The van der Waals surface area contributed by atoms with E-state index >= 15 is 0 Å². The lowest BCUT2D eigenvalue weighted by Crippen LogP contribution is -2.48. The molecular weight excluding hydrogens is 258 g/mol. The highest BCUT2D eigenvalue weighted by Gasteiger charge is 2.31. The maximum Gasteiger partial charge on any atom is 0.318 e. The van der Waals surface area contributed by atoms with Crippen molar-refractivity contribution in [1.82, 2.24) is 10.2 Å². The summed E-state index contributed by atoms with van der Waals surface area (Å²) >= 11 is 0. The summed E-state index contributed by atoms with van der Waals surface area (Å²) in [4.78, 5) is 25.0. The first-order chi connectivity index (χ1) is 9.58. The van der Waals surface area contributed by atoms with Crippen molar-refractivity contribution in [3.63, 3.8) is 0 Å². The van der Waals surface area contributed by atoms with Crippen molar-refractivity contribution in [2.75, 3.05) is 13.1 Å². The lowest BCUT2D eigenvalue weighted by Gasteiger charge is -2.35. The second kappa shape index (κ2) is 6.49. The second-order valence-corrected chi connectivity index (χ2v) is 4.96. The van der Waals surface area contributed by atoms with Gasteiger partial charge in [0.2, 0.25) is 5.91 Å². The zero-order chi connectivity index (χ0) is 14.5. The van der Waals surface area contributed by atoms with Crippen molar-refractivity contribution >= 4 is 11.9 Å². The van der Waals surface area contributed by atoms with E-state index in [-0.39, 0.29) is 0 Å². The number of rotatable bonds is 3. The first-order valence-corrected chi connectivity index (χ1v) is 6.65. The molecule has 1 fully saturated rings. The average Bonchev–Trinajstić information content (AvgIpc) is 2.39. The van der Waals surface area contributed by atoms with Crippen LogP contribution in [0, 0.1) is 0 Å². The standard InChI is InChI=1S/C14H19N3O3/c15-14(20)16-13(19)12(10-5-2-1-3-6-10)17-8-4-7-11(18)9-17/h1-3,5-6,11-12,18H,4,7-9H2,(H3,15,16,19,20)/t11-,12-/m1/s1. The van der Waals surface area contributed by atoms with E-state index in [1.54, 1.807) is 0 Å². The number of primary amides is 1. The highest BCUT2D eigenvalue weighted by Crippen LogP contribution is 2.24. The zero-order valence-electron chi connectivity index (χ0n) is 11.2. The maximum absolute atomic E-state index is 12.2. The van der Waals surface area contributed by atoms with E-state index in [4.69, 9.17) is 5.73 Å². The second-order valence-electron chi connectivity index (χ2n) is 4.96. The van der Waals surface area contributed by atoms with Crippen LogP contribution in [0.15, 0.2) is 30.3 Å². The molecule has 108 valence electrons. The fraction of sp³-hybridized carbons (Fsp3) is 0.429. The van der Waals surface area contributed by atoms with Gasteiger partial charge in [-0.3, -0.25) is 15.0 Å². The van der Waals surface area contributed by atoms with Gasteiger partial charge in [0.15, 0.2) is 0 Å². The molecule has 1 aromatic rings. The number of urea groups is 1. The Bertz CT molecular complexity index is 478. The molecule has 6 heteroatoms. The number of hydrogen-bond acceptors (Lipinski definition) is 4. The van der Waals surface area contributed by atoms with Crippen LogP contribution in [0.1, 0.15) is 24.4 Å². The van der Waals surface area contributed by atoms with E-state index in [9.17, 15) is 14.7 Å². The van der Waals surface area contributed by atoms with Gasteiger partial charge in [-0.2, -0.15) is 0 Å². The number of benzene rings is 1. The minimum atomic E-state index is -0.867. The van der Waals surface area contributed by atoms with Crippen LogP contribution >= 0.6 is 0 Å². The van der Waals surface area contributed by atoms with Crippen LogP contribution in [-0.2, 0) is 4.79 Å². The third kappa shape index (κ3) is 3.55. The smallest absolute Gasteiger partial charge is 0.318 e. The van der Waals surface area contributed by atoms with Crippen molar-refractivity contribution in [2.24, 2.45) is 5.73 Å². The van der Waals surface area contributed by atoms with Gasteiger partial charge in [0, 0.05) is 6.54 Å². The molecule has 1 aliphatic heterocycles. The fourth-order valence-corrected chi connectivity index (χ4v) is 2.57. The number of carbonyl (C=O) groups is 2. The molecule has 20 heavy (non-hydrogen) atoms. The molecule has 6 nitrogen and oxygen atoms in total. The molecule has 1 aromatic carbocycles. The van der Waals surface area contributed by atoms with Gasteiger partial charge < -0.3 is 10.8 Å². The number of amides is 3. The highest BCUT2D eigenvalue weighted by molar-refractivity contribution is 5.96. The number of aliphatic hydroxyl groups excluding tert-OH is 1. The van der Waals surface area contributed by atoms with Gasteiger partial charge in [-0.15, -0.1) is 0 Å². The molecule has 2 rings (SSSR count). The monoisotopic (exact) mass is 277 g/mol. The SMILES string of the molecule is NC(=O)NC(=O)[C@@H](c1ccccc1)N1CCC[C@@H](O)C1. The fourth-order valence-electron chi connectivity index (χ4n) is 2.57. The lowest BCUT2D eigenvalue weighted by atomic mass is 10.00. The normalized spacial score (nSPS) is 21.1. The molecule has 0 aromatic heterocycles. The summed E-state index contributed by atoms with van der Waals surface area (Å²) in [5, 5.41) is 11.9. The van der Waals surface area contributed by atoms with E-state index in [2.05, 4.69) is 5.32 Å². The Hall–Kier alpha value is -1.92. The number of nitrogens with one attached hydrogen (secondary N) is 1. The van der Waals surface area contributed by atoms with Crippen molar-refractivity contribution < 1.29 is 14.7 Å². The van der Waals surface area contributed by atoms with Crippen molar-refractivity contribution in [1.29, 1.82) is 0 Å². The van der Waals surface area contributed by atoms with Gasteiger partial charge in [0.05, 0.1) is 6.10 Å². The van der Waals surface area contributed by atoms with Crippen LogP contribution in [0.2, 0.25) is 0 Å². The van der Waals surface area contributed by atoms with Crippen LogP contribution in [0.3, 0.4) is 0 Å². The number of imide groups is 1. The van der Waals surface area contributed by atoms with E-state index in [0.29, 0.717) is 13.1 Å². The van der Waals surface area contributed by atoms with E-state index in [1.807, 2.05) is 35.2 Å². The predicted molar refractivity (Wildman–Crippen MR) is 73.7 cm³/mol. The third-order valence-corrected chi connectivity index (χ3v) is 3.40. The lowest BCUT2D eigenvalue weighted by molar-refractivity contribution is -0.126. The summed E-state index contributed by atoms with van der Waals surface area (Å²) in [5.74, 6) is -0.460. The Labute approximate surface area is 117 Å². The van der Waals surface area contributed by atoms with Crippen molar-refractivity contribution in [3.05, 3.63) is 35.9 Å². The summed E-state index contributed by atoms with van der Waals surface area (Å²) in [7, 11) is 0. The molecule has 0 radical (unpaired) electrons. The molecule has 1 heterocycles. The van der Waals surface area contributed by atoms with E-state index in [0.717, 1.165) is 18.4 Å². The Morgan fingerprint density at radius 3 is 2.65 bits per heavy atom. The largest absolute Gasteiger partial charge is 0.392 e. The summed E-state index contributed by atoms with van der Waals surface area (Å²) in [6, 6.07) is 7.70. The number of hydrogen-bond donors (Lipinski definition) is 3. The molecule has 0 aliphatic carbocycles. The first-order valence-electron chi connectivity index (χ1n) is 6.65. The van der Waals surface area contributed by atoms with Crippen LogP contribution in [0.4, 0.5) is 4.79 Å². The number of likely N-dealkylation sites (tertiary alicyclic amines) is 1. The molecule has 3 amide bonds. The maximum atomic E-state index is 12.2. The Morgan fingerprint density at radius 2 is 2.05 bits per heavy atom. The van der Waals surface area contributed by atoms with E-state index < -0.39 is 24.1 Å². The molecule has 0 unspecified atom stereocenters. The zero-order valence-corrected chi connectivity index (χ0v) is 11.2. The summed E-state index contributed by atoms with van der Waals surface area (Å²) in [6.45, 7) is 1.11. The van der Waals surface area contributed by atoms with Crippen LogP contribution in [0.25, 0.3) is 0 Å². The Morgan fingerprint density at radius 1 is 1.35 bits per heavy atom. The van der Waals surface area contributed by atoms with Gasteiger partial charge in [0.1, 0.15) is 6.04 Å². The number of carbonyl (C=O) groups excluding carboxylic acids is 2. The van der Waals surface area contributed by atoms with Crippen LogP contribution in [0.5, 0.6) is 0 Å². The highest BCUT2D eigenvalue weighted by atomic mass is 16.3. The predicted octanol–water partition coefficient (Wildman–Crippen LogP) is 0.379. The number of β-amino-alcohol motifs (C(OH)–C–C–N with tert-alkyl or cyclic N) is 1. The number of nitrogens with zero attached hydrogens (tertiary/aromatic N) is 1. The van der Waals surface area contributed by atoms with Crippen molar-refractivity contribution in [2.45, 2.75) is 25.0 Å². The minimum Gasteiger partial charge on any atom is -0.392 e. The Balaban J connectivity index is 2.24. The van der Waals surface area contributed by atoms with Crippen LogP contribution in [-0.4, -0.2) is 41.1 Å².